The maximum atomic E-state index is 6.28. The van der Waals surface area contributed by atoms with E-state index in [1.165, 1.54) is 5.69 Å². The highest BCUT2D eigenvalue weighted by Crippen LogP contribution is 2.28. The van der Waals surface area contributed by atoms with E-state index in [4.69, 9.17) is 11.6 Å². The highest BCUT2D eigenvalue weighted by atomic mass is 79.9. The summed E-state index contributed by atoms with van der Waals surface area (Å²) in [4.78, 5) is 4.84. The molecule has 4 heteroatoms. The highest BCUT2D eigenvalue weighted by molar-refractivity contribution is 9.08. The Hall–Kier alpha value is -0.250. The predicted octanol–water partition coefficient (Wildman–Crippen LogP) is 3.77. The minimum atomic E-state index is 0.207. The van der Waals surface area contributed by atoms with E-state index in [0.717, 1.165) is 35.6 Å². The van der Waals surface area contributed by atoms with Crippen LogP contribution in [0.15, 0.2) is 18.2 Å². The summed E-state index contributed by atoms with van der Waals surface area (Å²) in [5.74, 6) is 0. The van der Waals surface area contributed by atoms with E-state index in [-0.39, 0.29) is 5.54 Å². The van der Waals surface area contributed by atoms with Gasteiger partial charge in [0.05, 0.1) is 0 Å². The van der Waals surface area contributed by atoms with Gasteiger partial charge < -0.3 is 4.90 Å². The molecule has 0 unspecified atom stereocenters. The van der Waals surface area contributed by atoms with Gasteiger partial charge in [-0.1, -0.05) is 33.6 Å². The fourth-order valence-electron chi connectivity index (χ4n) is 2.30. The first-order valence-corrected chi connectivity index (χ1v) is 7.74. The van der Waals surface area contributed by atoms with Crippen LogP contribution in [0, 0.1) is 0 Å². The summed E-state index contributed by atoms with van der Waals surface area (Å²) in [5.41, 5.74) is 2.58. The fraction of sp³-hybridized carbons (Fsp3) is 0.571. The zero-order valence-corrected chi connectivity index (χ0v) is 13.6. The smallest absolute Gasteiger partial charge is 0.0467 e. The van der Waals surface area contributed by atoms with Crippen LogP contribution in [-0.4, -0.2) is 37.1 Å². The molecule has 0 N–H and O–H groups in total. The molecule has 0 atom stereocenters. The molecule has 2 nitrogen and oxygen atoms in total. The molecule has 1 aromatic carbocycles. The lowest BCUT2D eigenvalue weighted by molar-refractivity contribution is 0.139. The Morgan fingerprint density at radius 3 is 2.61 bits per heavy atom. The second-order valence-corrected chi connectivity index (χ2v) is 6.53. The Kier molecular flexibility index (Phi) is 4.25. The highest BCUT2D eigenvalue weighted by Gasteiger charge is 2.31. The van der Waals surface area contributed by atoms with Gasteiger partial charge >= 0.3 is 0 Å². The number of rotatable bonds is 2. The summed E-state index contributed by atoms with van der Waals surface area (Å²) < 4.78 is 0. The molecule has 0 radical (unpaired) electrons. The Morgan fingerprint density at radius 2 is 2.06 bits per heavy atom. The number of halogens is 2. The Morgan fingerprint density at radius 1 is 1.33 bits per heavy atom. The van der Waals surface area contributed by atoms with Crippen LogP contribution in [0.3, 0.4) is 0 Å². The van der Waals surface area contributed by atoms with Gasteiger partial charge in [0.1, 0.15) is 0 Å². The fourth-order valence-corrected chi connectivity index (χ4v) is 3.19. The summed E-state index contributed by atoms with van der Waals surface area (Å²) in [5, 5.41) is 1.65. The molecular formula is C14H20BrClN2. The first-order chi connectivity index (χ1) is 8.44. The molecule has 1 aliphatic heterocycles. The van der Waals surface area contributed by atoms with Crippen molar-refractivity contribution in [3.05, 3.63) is 28.8 Å². The lowest BCUT2D eigenvalue weighted by atomic mass is 9.99. The number of hydrogen-bond acceptors (Lipinski definition) is 2. The number of piperazine rings is 1. The van der Waals surface area contributed by atoms with E-state index in [0.29, 0.717) is 0 Å². The van der Waals surface area contributed by atoms with E-state index in [1.807, 2.05) is 0 Å². The molecule has 0 aliphatic carbocycles. The molecule has 1 heterocycles. The van der Waals surface area contributed by atoms with Crippen molar-refractivity contribution < 1.29 is 0 Å². The molecule has 0 amide bonds. The number of anilines is 1. The third-order valence-electron chi connectivity index (χ3n) is 3.86. The second-order valence-electron chi connectivity index (χ2n) is 5.56. The standard InChI is InChI=1S/C14H20BrClN2/c1-14(2)10-18(7-6-17(14)3)12-5-4-11(9-15)13(16)8-12/h4-5,8H,6-7,9-10H2,1-3H3. The number of hydrogen-bond donors (Lipinski definition) is 0. The zero-order valence-electron chi connectivity index (χ0n) is 11.2. The molecule has 0 aromatic heterocycles. The molecule has 1 fully saturated rings. The number of benzene rings is 1. The van der Waals surface area contributed by atoms with Crippen molar-refractivity contribution in [2.45, 2.75) is 24.7 Å². The quantitative estimate of drug-likeness (QED) is 0.761. The van der Waals surface area contributed by atoms with Crippen molar-refractivity contribution in [2.24, 2.45) is 0 Å². The Labute approximate surface area is 123 Å². The van der Waals surface area contributed by atoms with Crippen molar-refractivity contribution in [1.29, 1.82) is 0 Å². The van der Waals surface area contributed by atoms with E-state index < -0.39 is 0 Å². The molecule has 0 spiro atoms. The maximum Gasteiger partial charge on any atom is 0.0467 e. The molecule has 1 aliphatic rings. The molecule has 2 rings (SSSR count). The summed E-state index contributed by atoms with van der Waals surface area (Å²) in [7, 11) is 2.19. The summed E-state index contributed by atoms with van der Waals surface area (Å²) in [6, 6.07) is 6.36. The van der Waals surface area contributed by atoms with Crippen LogP contribution in [0.4, 0.5) is 5.69 Å². The summed E-state index contributed by atoms with van der Waals surface area (Å²) >= 11 is 9.73. The van der Waals surface area contributed by atoms with E-state index >= 15 is 0 Å². The van der Waals surface area contributed by atoms with Crippen LogP contribution < -0.4 is 4.90 Å². The average molecular weight is 332 g/mol. The first-order valence-electron chi connectivity index (χ1n) is 6.24. The van der Waals surface area contributed by atoms with E-state index in [1.54, 1.807) is 0 Å². The van der Waals surface area contributed by atoms with Crippen molar-refractivity contribution >= 4 is 33.2 Å². The van der Waals surface area contributed by atoms with Crippen molar-refractivity contribution in [3.8, 4) is 0 Å². The van der Waals surface area contributed by atoms with E-state index in [2.05, 4.69) is 64.8 Å². The Balaban J connectivity index is 2.20. The van der Waals surface area contributed by atoms with Crippen LogP contribution in [0.5, 0.6) is 0 Å². The normalized spacial score (nSPS) is 20.2. The minimum absolute atomic E-state index is 0.207. The predicted molar refractivity (Wildman–Crippen MR) is 83.0 cm³/mol. The molecule has 18 heavy (non-hydrogen) atoms. The summed E-state index contributed by atoms with van der Waals surface area (Å²) in [6.45, 7) is 7.75. The molecular weight excluding hydrogens is 312 g/mol. The number of nitrogens with zero attached hydrogens (tertiary/aromatic N) is 2. The molecule has 1 saturated heterocycles. The van der Waals surface area contributed by atoms with Gasteiger partial charge in [0, 0.05) is 41.2 Å². The van der Waals surface area contributed by atoms with Gasteiger partial charge in [0.15, 0.2) is 0 Å². The first kappa shape index (κ1) is 14.2. The molecule has 0 bridgehead atoms. The SMILES string of the molecule is CN1CCN(c2ccc(CBr)c(Cl)c2)CC1(C)C. The van der Waals surface area contributed by atoms with Crippen molar-refractivity contribution in [3.63, 3.8) is 0 Å². The maximum absolute atomic E-state index is 6.28. The van der Waals surface area contributed by atoms with Gasteiger partial charge in [0.2, 0.25) is 0 Å². The third kappa shape index (κ3) is 2.84. The van der Waals surface area contributed by atoms with Gasteiger partial charge in [-0.15, -0.1) is 0 Å². The van der Waals surface area contributed by atoms with Gasteiger partial charge in [-0.05, 0) is 38.6 Å². The minimum Gasteiger partial charge on any atom is -0.368 e. The largest absolute Gasteiger partial charge is 0.368 e. The van der Waals surface area contributed by atoms with Gasteiger partial charge in [-0.2, -0.15) is 0 Å². The van der Waals surface area contributed by atoms with Crippen molar-refractivity contribution in [2.75, 3.05) is 31.6 Å². The van der Waals surface area contributed by atoms with Crippen LogP contribution in [0.25, 0.3) is 0 Å². The monoisotopic (exact) mass is 330 g/mol. The van der Waals surface area contributed by atoms with Crippen molar-refractivity contribution in [1.82, 2.24) is 4.90 Å². The lowest BCUT2D eigenvalue weighted by Gasteiger charge is -2.46. The topological polar surface area (TPSA) is 6.48 Å². The third-order valence-corrected chi connectivity index (χ3v) is 4.82. The number of alkyl halides is 1. The van der Waals surface area contributed by atoms with Gasteiger partial charge in [0.25, 0.3) is 0 Å². The van der Waals surface area contributed by atoms with Gasteiger partial charge in [-0.25, -0.2) is 0 Å². The molecule has 1 aromatic rings. The van der Waals surface area contributed by atoms with Crippen LogP contribution in [-0.2, 0) is 5.33 Å². The second kappa shape index (κ2) is 5.40. The van der Waals surface area contributed by atoms with Gasteiger partial charge in [-0.3, -0.25) is 4.90 Å². The van der Waals surface area contributed by atoms with Crippen LogP contribution >= 0.6 is 27.5 Å². The average Bonchev–Trinajstić information content (AvgIpc) is 2.32. The van der Waals surface area contributed by atoms with Crippen LogP contribution in [0.2, 0.25) is 5.02 Å². The zero-order chi connectivity index (χ0) is 13.3. The Bertz CT molecular complexity index is 434. The van der Waals surface area contributed by atoms with Crippen LogP contribution in [0.1, 0.15) is 19.4 Å². The summed E-state index contributed by atoms with van der Waals surface area (Å²) in [6.07, 6.45) is 0. The number of likely N-dealkylation sites (N-methyl/N-ethyl adjacent to an activating group) is 1. The molecule has 0 saturated carbocycles. The molecule has 100 valence electrons. The van der Waals surface area contributed by atoms with E-state index in [9.17, 15) is 0 Å². The lowest BCUT2D eigenvalue weighted by Crippen LogP contribution is -2.57.